The summed E-state index contributed by atoms with van der Waals surface area (Å²) in [7, 11) is 6.17. The summed E-state index contributed by atoms with van der Waals surface area (Å²) < 4.78 is 24.7. The molecule has 0 saturated heterocycles. The Morgan fingerprint density at radius 3 is 2.17 bits per heavy atom. The fourth-order valence-corrected chi connectivity index (χ4v) is 2.77. The smallest absolute Gasteiger partial charge is 0.417 e. The number of hydrogen-bond acceptors (Lipinski definition) is 11. The van der Waals surface area contributed by atoms with E-state index in [1.54, 1.807) is 24.3 Å². The van der Waals surface area contributed by atoms with E-state index in [0.29, 0.717) is 24.4 Å². The predicted octanol–water partition coefficient (Wildman–Crippen LogP) is 2.04. The number of methoxy groups -OCH3 is 1. The third kappa shape index (κ3) is 24.5. The molecule has 1 aromatic rings. The normalized spacial score (nSPS) is 10.3. The quantitative estimate of drug-likeness (QED) is 0.0985. The van der Waals surface area contributed by atoms with Gasteiger partial charge in [-0.15, -0.1) is 0 Å². The third-order valence-electron chi connectivity index (χ3n) is 4.17. The van der Waals surface area contributed by atoms with Gasteiger partial charge < -0.3 is 34.9 Å². The number of hydrogen-bond donors (Lipinski definition) is 5. The molecule has 0 heterocycles. The molecule has 0 fully saturated rings. The first-order chi connectivity index (χ1) is 20.1. The molecule has 14 nitrogen and oxygen atoms in total. The summed E-state index contributed by atoms with van der Waals surface area (Å²) in [5.74, 6) is -2.40. The van der Waals surface area contributed by atoms with Gasteiger partial charge >= 0.3 is 6.09 Å². The van der Waals surface area contributed by atoms with Crippen LogP contribution in [0.25, 0.3) is 0 Å². The van der Waals surface area contributed by atoms with Crippen LogP contribution in [-0.4, -0.2) is 90.2 Å². The first-order valence-corrected chi connectivity index (χ1v) is 14.2. The molecule has 1 rings (SSSR count). The summed E-state index contributed by atoms with van der Waals surface area (Å²) >= 11 is 0.964. The van der Waals surface area contributed by atoms with E-state index in [2.05, 4.69) is 48.7 Å². The van der Waals surface area contributed by atoms with Crippen LogP contribution in [-0.2, 0) is 39.9 Å². The van der Waals surface area contributed by atoms with Crippen LogP contribution < -0.4 is 25.4 Å². The highest BCUT2D eigenvalue weighted by Gasteiger charge is 2.16. The number of benzene rings is 1. The van der Waals surface area contributed by atoms with Crippen LogP contribution in [0.2, 0.25) is 0 Å². The van der Waals surface area contributed by atoms with E-state index in [0.717, 1.165) is 12.1 Å². The molecule has 1 atom stereocenters. The van der Waals surface area contributed by atoms with Crippen LogP contribution >= 0.6 is 12.1 Å². The molecule has 0 spiro atoms. The Morgan fingerprint density at radius 2 is 1.57 bits per heavy atom. The van der Waals surface area contributed by atoms with Crippen molar-refractivity contribution in [1.29, 1.82) is 0 Å². The van der Waals surface area contributed by atoms with Crippen molar-refractivity contribution in [1.82, 2.24) is 20.1 Å². The fourth-order valence-electron chi connectivity index (χ4n) is 2.35. The highest BCUT2D eigenvalue weighted by atomic mass is 32.2. The summed E-state index contributed by atoms with van der Waals surface area (Å²) in [4.78, 5) is 57.5. The van der Waals surface area contributed by atoms with Crippen molar-refractivity contribution in [3.63, 3.8) is 0 Å². The van der Waals surface area contributed by atoms with E-state index >= 15 is 0 Å². The molecule has 0 aromatic heterocycles. The number of anilines is 1. The van der Waals surface area contributed by atoms with E-state index in [9.17, 15) is 24.0 Å². The Hall–Kier alpha value is -3.34. The molecular formula is C26H44BN5O9S. The van der Waals surface area contributed by atoms with Gasteiger partial charge in [0.2, 0.25) is 31.4 Å². The lowest BCUT2D eigenvalue weighted by atomic mass is 10.1. The van der Waals surface area contributed by atoms with Crippen LogP contribution in [0.5, 0.6) is 0 Å². The number of carbonyl (C=O) groups excluding carboxylic acids is 5. The summed E-state index contributed by atoms with van der Waals surface area (Å²) in [5.41, 5.74) is 1.16. The average molecular weight is 614 g/mol. The highest BCUT2D eigenvalue weighted by molar-refractivity contribution is 7.96. The molecule has 16 heteroatoms. The van der Waals surface area contributed by atoms with E-state index in [1.165, 1.54) is 20.5 Å². The molecule has 4 amide bonds. The van der Waals surface area contributed by atoms with Gasteiger partial charge in [-0.2, -0.15) is 0 Å². The second-order valence-electron chi connectivity index (χ2n) is 7.82. The van der Waals surface area contributed by atoms with Gasteiger partial charge in [-0.25, -0.2) is 9.52 Å². The van der Waals surface area contributed by atoms with Gasteiger partial charge in [0.15, 0.2) is 0 Å². The van der Waals surface area contributed by atoms with Crippen molar-refractivity contribution in [3.8, 4) is 0 Å². The highest BCUT2D eigenvalue weighted by Crippen LogP contribution is 2.11. The number of rotatable bonds is 17. The molecule has 0 aliphatic carbocycles. The fraction of sp³-hybridized carbons (Fsp3) is 0.577. The summed E-state index contributed by atoms with van der Waals surface area (Å²) in [6.45, 7) is 10.4. The first kappa shape index (κ1) is 40.8. The van der Waals surface area contributed by atoms with Gasteiger partial charge in [0.25, 0.3) is 0 Å². The molecule has 0 aliphatic heterocycles. The maximum atomic E-state index is 12.3. The van der Waals surface area contributed by atoms with Crippen LogP contribution in [0.4, 0.5) is 15.3 Å². The maximum absolute atomic E-state index is 12.3. The molecule has 236 valence electrons. The second kappa shape index (κ2) is 27.8. The van der Waals surface area contributed by atoms with E-state index in [-0.39, 0.29) is 33.0 Å². The van der Waals surface area contributed by atoms with Crippen molar-refractivity contribution in [3.05, 3.63) is 29.8 Å². The lowest BCUT2D eigenvalue weighted by Gasteiger charge is -2.15. The maximum Gasteiger partial charge on any atom is 0.417 e. The number of amides is 4. The summed E-state index contributed by atoms with van der Waals surface area (Å²) in [6.07, 6.45) is 0.678. The van der Waals surface area contributed by atoms with Gasteiger partial charge in [0.05, 0.1) is 33.5 Å². The van der Waals surface area contributed by atoms with Gasteiger partial charge in [-0.05, 0) is 24.6 Å². The van der Waals surface area contributed by atoms with Crippen molar-refractivity contribution in [2.24, 2.45) is 0 Å². The van der Waals surface area contributed by atoms with Crippen molar-refractivity contribution < 1.29 is 42.9 Å². The molecule has 2 radical (unpaired) electrons. The van der Waals surface area contributed by atoms with E-state index in [1.807, 2.05) is 13.8 Å². The third-order valence-corrected chi connectivity index (χ3v) is 4.78. The number of ether oxygens (including phenoxy) is 4. The van der Waals surface area contributed by atoms with Crippen molar-refractivity contribution in [2.45, 2.75) is 53.7 Å². The van der Waals surface area contributed by atoms with Gasteiger partial charge in [0, 0.05) is 24.4 Å². The van der Waals surface area contributed by atoms with E-state index < -0.39 is 35.7 Å². The van der Waals surface area contributed by atoms with Crippen molar-refractivity contribution in [2.75, 3.05) is 51.9 Å². The summed E-state index contributed by atoms with van der Waals surface area (Å²) in [5, 5.41) is 7.51. The van der Waals surface area contributed by atoms with Gasteiger partial charge in [-0.1, -0.05) is 46.2 Å². The molecule has 1 unspecified atom stereocenters. The molecule has 0 bridgehead atoms. The van der Waals surface area contributed by atoms with Gasteiger partial charge in [0.1, 0.15) is 19.3 Å². The largest absolute Gasteiger partial charge is 0.470 e. The van der Waals surface area contributed by atoms with E-state index in [4.69, 9.17) is 17.3 Å². The number of nitrogens with one attached hydrogen (secondary N) is 5. The summed E-state index contributed by atoms with van der Waals surface area (Å²) in [6, 6.07) is 5.65. The lowest BCUT2D eigenvalue weighted by molar-refractivity contribution is -0.130. The Balaban J connectivity index is 0. The Labute approximate surface area is 253 Å². The zero-order valence-corrected chi connectivity index (χ0v) is 26.0. The molecule has 1 aromatic carbocycles. The zero-order valence-electron chi connectivity index (χ0n) is 25.2. The minimum atomic E-state index is -0.885. The minimum absolute atomic E-state index is 0.0105. The average Bonchev–Trinajstić information content (AvgIpc) is 2.97. The predicted molar refractivity (Wildman–Crippen MR) is 162 cm³/mol. The van der Waals surface area contributed by atoms with Crippen LogP contribution in [0.15, 0.2) is 24.3 Å². The Morgan fingerprint density at radius 1 is 0.952 bits per heavy atom. The standard InChI is InChI=1S/C21H30BN5O9S.C3H8.C2H6/c1-14(19(30)26-16-5-3-15(4-6-16)12-36-20(22)31)25-17(28)11-23-18(29)13-35-10-9-34-8-7-24-37-27-21(32)33-2;1-3-2;1-2/h3-6,14,24H,7-13H2,1-2H3,(H,23,29)(H,25,28)(H,26,30)(H,27,32);3H2,1-2H3;1-2H3. The first-order valence-electron chi connectivity index (χ1n) is 13.4. The molecule has 5 N–H and O–H groups in total. The Bertz CT molecular complexity index is 911. The van der Waals surface area contributed by atoms with Crippen LogP contribution in [0, 0.1) is 0 Å². The topological polar surface area (TPSA) is 182 Å². The zero-order chi connectivity index (χ0) is 32.2. The molecular weight excluding hydrogens is 569 g/mol. The second-order valence-corrected chi connectivity index (χ2v) is 8.52. The van der Waals surface area contributed by atoms with Gasteiger partial charge in [-0.3, -0.25) is 23.9 Å². The SMILES string of the molecule is CC.CCC.[B]C(=O)OCc1ccc(NC(=O)C(C)NC(=O)CNC(=O)COCCOCCNSNC(=O)OC)cc1. The Kier molecular flexibility index (Phi) is 27.0. The van der Waals surface area contributed by atoms with Crippen LogP contribution in [0.1, 0.15) is 46.6 Å². The molecule has 0 saturated carbocycles. The molecule has 42 heavy (non-hydrogen) atoms. The van der Waals surface area contributed by atoms with Crippen LogP contribution in [0.3, 0.4) is 0 Å². The lowest BCUT2D eigenvalue weighted by Crippen LogP contribution is -2.46. The molecule has 0 aliphatic rings. The monoisotopic (exact) mass is 613 g/mol. The number of carbonyl (C=O) groups is 5. The van der Waals surface area contributed by atoms with Crippen molar-refractivity contribution >= 4 is 55.4 Å². The minimum Gasteiger partial charge on any atom is -0.470 e.